The highest BCUT2D eigenvalue weighted by atomic mass is 35.5. The summed E-state index contributed by atoms with van der Waals surface area (Å²) in [5.74, 6) is -0.928. The quantitative estimate of drug-likeness (QED) is 0.193. The summed E-state index contributed by atoms with van der Waals surface area (Å²) in [5, 5.41) is 30.5. The Morgan fingerprint density at radius 3 is 2.53 bits per heavy atom. The molecule has 1 amide bonds. The van der Waals surface area contributed by atoms with Crippen LogP contribution in [0.25, 0.3) is 0 Å². The number of hydrogen-bond donors (Lipinski definition) is 4. The molecule has 1 aromatic carbocycles. The molecule has 210 valence electrons. The van der Waals surface area contributed by atoms with E-state index >= 15 is 0 Å². The summed E-state index contributed by atoms with van der Waals surface area (Å²) in [6.45, 7) is 0.639. The minimum atomic E-state index is -1.30. The minimum Gasteiger partial charge on any atom is -0.461 e. The second-order valence-electron chi connectivity index (χ2n) is 10.5. The zero-order valence-electron chi connectivity index (χ0n) is 21.6. The first-order chi connectivity index (χ1) is 18.1. The van der Waals surface area contributed by atoms with Gasteiger partial charge in [-0.2, -0.15) is 0 Å². The third kappa shape index (κ3) is 8.41. The van der Waals surface area contributed by atoms with Gasteiger partial charge in [0.15, 0.2) is 0 Å². The third-order valence-electron chi connectivity index (χ3n) is 7.40. The van der Waals surface area contributed by atoms with Crippen LogP contribution >= 0.6 is 34.5 Å². The Morgan fingerprint density at radius 1 is 1.13 bits per heavy atom. The molecule has 7 nitrogen and oxygen atoms in total. The summed E-state index contributed by atoms with van der Waals surface area (Å²) < 4.78 is 5.28. The van der Waals surface area contributed by atoms with E-state index in [1.54, 1.807) is 6.07 Å². The molecule has 3 rings (SSSR count). The lowest BCUT2D eigenvalue weighted by Gasteiger charge is -2.27. The molecule has 5 N–H and O–H groups in total. The summed E-state index contributed by atoms with van der Waals surface area (Å²) in [6, 6.07) is 9.62. The third-order valence-corrected chi connectivity index (χ3v) is 9.24. The Balaban J connectivity index is 1.51. The molecule has 38 heavy (non-hydrogen) atoms. The highest BCUT2D eigenvalue weighted by Gasteiger charge is 2.40. The zero-order valence-corrected chi connectivity index (χ0v) is 23.9. The lowest BCUT2D eigenvalue weighted by atomic mass is 9.85. The SMILES string of the molecule is Cc1cc(Cl)cc(CC[C@@H]2[C@@H](CCCc3ccc(C(=O)OCC(CO)(CO)CC(N)=O)s3)[C@H](Cl)C[C@H]2O)c1. The number of esters is 1. The Kier molecular flexibility index (Phi) is 11.4. The van der Waals surface area contributed by atoms with Crippen LogP contribution < -0.4 is 5.73 Å². The van der Waals surface area contributed by atoms with Crippen molar-refractivity contribution in [1.82, 2.24) is 0 Å². The monoisotopic (exact) mass is 585 g/mol. The summed E-state index contributed by atoms with van der Waals surface area (Å²) in [5.41, 5.74) is 6.19. The van der Waals surface area contributed by atoms with Gasteiger partial charge in [-0.1, -0.05) is 17.7 Å². The summed E-state index contributed by atoms with van der Waals surface area (Å²) in [7, 11) is 0. The molecule has 0 spiro atoms. The van der Waals surface area contributed by atoms with Crippen molar-refractivity contribution >= 4 is 46.4 Å². The van der Waals surface area contributed by atoms with Crippen LogP contribution in [0.1, 0.15) is 57.8 Å². The molecule has 4 atom stereocenters. The van der Waals surface area contributed by atoms with Gasteiger partial charge in [0.25, 0.3) is 0 Å². The van der Waals surface area contributed by atoms with Crippen molar-refractivity contribution in [2.45, 2.75) is 63.4 Å². The maximum atomic E-state index is 12.5. The molecule has 10 heteroatoms. The number of rotatable bonds is 14. The van der Waals surface area contributed by atoms with E-state index in [4.69, 9.17) is 33.7 Å². The fraction of sp³-hybridized carbons (Fsp3) is 0.571. The van der Waals surface area contributed by atoms with Crippen LogP contribution in [0, 0.1) is 24.2 Å². The highest BCUT2D eigenvalue weighted by Crippen LogP contribution is 2.42. The van der Waals surface area contributed by atoms with Gasteiger partial charge in [0, 0.05) is 21.7 Å². The van der Waals surface area contributed by atoms with E-state index in [1.165, 1.54) is 16.9 Å². The van der Waals surface area contributed by atoms with Crippen molar-refractivity contribution in [1.29, 1.82) is 0 Å². The van der Waals surface area contributed by atoms with E-state index in [-0.39, 0.29) is 30.2 Å². The molecule has 0 unspecified atom stereocenters. The van der Waals surface area contributed by atoms with E-state index < -0.39 is 36.6 Å². The van der Waals surface area contributed by atoms with Crippen molar-refractivity contribution in [2.24, 2.45) is 23.0 Å². The molecule has 0 bridgehead atoms. The van der Waals surface area contributed by atoms with Crippen molar-refractivity contribution in [2.75, 3.05) is 19.8 Å². The van der Waals surface area contributed by atoms with Crippen molar-refractivity contribution in [3.05, 3.63) is 56.2 Å². The molecular formula is C28H37Cl2NO6S. The van der Waals surface area contributed by atoms with Crippen molar-refractivity contribution < 1.29 is 29.6 Å². The topological polar surface area (TPSA) is 130 Å². The first kappa shape index (κ1) is 30.9. The van der Waals surface area contributed by atoms with E-state index in [0.29, 0.717) is 11.3 Å². The van der Waals surface area contributed by atoms with Crippen LogP contribution in [0.3, 0.4) is 0 Å². The fourth-order valence-corrected chi connectivity index (χ4v) is 7.07. The molecule has 0 radical (unpaired) electrons. The standard InChI is InChI=1S/C28H37Cl2NO6S/c1-17-9-18(11-19(29)10-17)5-7-22-21(23(30)12-24(22)34)4-2-3-20-6-8-25(38-20)27(36)37-16-28(14-32,15-33)13-26(31)35/h6,8-11,21-24,32-34H,2-5,7,12-16H2,1H3,(H2,31,35)/t21-,22-,23-,24-/m1/s1. The van der Waals surface area contributed by atoms with Gasteiger partial charge in [-0.25, -0.2) is 4.79 Å². The van der Waals surface area contributed by atoms with E-state index in [0.717, 1.165) is 47.6 Å². The van der Waals surface area contributed by atoms with Crippen LogP contribution in [0.2, 0.25) is 5.02 Å². The summed E-state index contributed by atoms with van der Waals surface area (Å²) in [4.78, 5) is 25.2. The number of primary amides is 1. The average molecular weight is 587 g/mol. The van der Waals surface area contributed by atoms with Crippen LogP contribution in [-0.4, -0.2) is 58.5 Å². The number of ether oxygens (including phenoxy) is 1. The van der Waals surface area contributed by atoms with Gasteiger partial charge < -0.3 is 25.8 Å². The zero-order chi connectivity index (χ0) is 27.9. The molecule has 1 aliphatic carbocycles. The number of thiophene rings is 1. The van der Waals surface area contributed by atoms with Gasteiger partial charge in [0.2, 0.25) is 5.91 Å². The average Bonchev–Trinajstić information content (AvgIpc) is 3.43. The first-order valence-electron chi connectivity index (χ1n) is 12.9. The van der Waals surface area contributed by atoms with Gasteiger partial charge in [0.1, 0.15) is 11.5 Å². The Morgan fingerprint density at radius 2 is 1.87 bits per heavy atom. The predicted octanol–water partition coefficient (Wildman–Crippen LogP) is 4.27. The number of aliphatic hydroxyl groups is 3. The Bertz CT molecular complexity index is 1070. The lowest BCUT2D eigenvalue weighted by Crippen LogP contribution is -2.39. The van der Waals surface area contributed by atoms with E-state index in [1.807, 2.05) is 25.1 Å². The largest absolute Gasteiger partial charge is 0.461 e. The molecule has 1 fully saturated rings. The van der Waals surface area contributed by atoms with Crippen molar-refractivity contribution in [3.8, 4) is 0 Å². The highest BCUT2D eigenvalue weighted by molar-refractivity contribution is 7.13. The smallest absolute Gasteiger partial charge is 0.348 e. The minimum absolute atomic E-state index is 0.0660. The summed E-state index contributed by atoms with van der Waals surface area (Å²) >= 11 is 14.2. The Hall–Kier alpha value is -1.68. The van der Waals surface area contributed by atoms with Crippen molar-refractivity contribution in [3.63, 3.8) is 0 Å². The molecule has 1 aromatic heterocycles. The van der Waals surface area contributed by atoms with E-state index in [2.05, 4.69) is 6.07 Å². The molecule has 1 aliphatic rings. The van der Waals surface area contributed by atoms with E-state index in [9.17, 15) is 24.9 Å². The second kappa shape index (κ2) is 14.1. The maximum Gasteiger partial charge on any atom is 0.348 e. The van der Waals surface area contributed by atoms with Gasteiger partial charge in [-0.15, -0.1) is 22.9 Å². The molecule has 1 saturated carbocycles. The molecule has 2 aromatic rings. The number of hydrogen-bond acceptors (Lipinski definition) is 7. The first-order valence-corrected chi connectivity index (χ1v) is 14.5. The molecular weight excluding hydrogens is 549 g/mol. The van der Waals surface area contributed by atoms with Crippen LogP contribution in [0.5, 0.6) is 0 Å². The number of aryl methyl sites for hydroxylation is 3. The van der Waals surface area contributed by atoms with Gasteiger partial charge >= 0.3 is 5.97 Å². The molecule has 0 aliphatic heterocycles. The number of carbonyl (C=O) groups is 2. The number of benzene rings is 1. The van der Waals surface area contributed by atoms with Gasteiger partial charge in [-0.3, -0.25) is 4.79 Å². The number of nitrogens with two attached hydrogens (primary N) is 1. The number of carbonyl (C=O) groups excluding carboxylic acids is 2. The Labute approximate surface area is 237 Å². The number of halogens is 2. The maximum absolute atomic E-state index is 12.5. The molecule has 0 saturated heterocycles. The summed E-state index contributed by atoms with van der Waals surface area (Å²) in [6.07, 6.45) is 4.11. The molecule has 1 heterocycles. The van der Waals surface area contributed by atoms with Gasteiger partial charge in [-0.05, 0) is 92.7 Å². The fourth-order valence-electron chi connectivity index (χ4n) is 5.32. The van der Waals surface area contributed by atoms with Gasteiger partial charge in [0.05, 0.1) is 24.7 Å². The number of amides is 1. The van der Waals surface area contributed by atoms with Crippen LogP contribution in [-0.2, 0) is 22.4 Å². The number of alkyl halides is 1. The number of aliphatic hydroxyl groups excluding tert-OH is 3. The van der Waals surface area contributed by atoms with Crippen LogP contribution in [0.15, 0.2) is 30.3 Å². The second-order valence-corrected chi connectivity index (χ2v) is 12.7. The van der Waals surface area contributed by atoms with Crippen LogP contribution in [0.4, 0.5) is 0 Å². The normalized spacial score (nSPS) is 21.5. The lowest BCUT2D eigenvalue weighted by molar-refractivity contribution is -0.123. The predicted molar refractivity (Wildman–Crippen MR) is 150 cm³/mol.